The minimum Gasteiger partial charge on any atom is -0.478 e. The van der Waals surface area contributed by atoms with E-state index >= 15 is 0 Å². The molecule has 0 radical (unpaired) electrons. The number of hydrogen-bond donors (Lipinski definition) is 3. The lowest BCUT2D eigenvalue weighted by Gasteiger charge is -2.34. The molecule has 1 aromatic carbocycles. The average molecular weight is 381 g/mol. The number of hydrogen-bond acceptors (Lipinski definition) is 5. The summed E-state index contributed by atoms with van der Waals surface area (Å²) in [5.74, 6) is 0.381. The SMILES string of the molecule is O=C(O)c1ccccc1-c1ccc(CN2CCCC[C@H]2c2cc(CO)[nH]n2)o1. The number of nitrogens with zero attached hydrogens (tertiary/aromatic N) is 2. The van der Waals surface area contributed by atoms with Crippen LogP contribution in [0.4, 0.5) is 0 Å². The van der Waals surface area contributed by atoms with Gasteiger partial charge in [0.2, 0.25) is 0 Å². The Morgan fingerprint density at radius 2 is 2.11 bits per heavy atom. The molecule has 0 aliphatic carbocycles. The third-order valence-corrected chi connectivity index (χ3v) is 5.22. The number of aliphatic hydroxyl groups excluding tert-OH is 1. The maximum absolute atomic E-state index is 11.5. The van der Waals surface area contributed by atoms with Gasteiger partial charge in [0.05, 0.1) is 36.1 Å². The van der Waals surface area contributed by atoms with Crippen LogP contribution in [-0.4, -0.2) is 37.8 Å². The zero-order chi connectivity index (χ0) is 19.5. The molecule has 4 rings (SSSR count). The van der Waals surface area contributed by atoms with Gasteiger partial charge in [0, 0.05) is 5.56 Å². The molecule has 0 unspecified atom stereocenters. The van der Waals surface area contributed by atoms with Crippen LogP contribution in [0.1, 0.15) is 52.8 Å². The quantitative estimate of drug-likeness (QED) is 0.603. The first-order valence-corrected chi connectivity index (χ1v) is 9.46. The summed E-state index contributed by atoms with van der Waals surface area (Å²) in [6.45, 7) is 1.51. The second-order valence-corrected chi connectivity index (χ2v) is 7.07. The molecule has 7 heteroatoms. The molecule has 146 valence electrons. The fraction of sp³-hybridized carbons (Fsp3) is 0.333. The molecule has 0 spiro atoms. The van der Waals surface area contributed by atoms with Crippen molar-refractivity contribution in [1.29, 1.82) is 0 Å². The van der Waals surface area contributed by atoms with Crippen molar-refractivity contribution in [3.63, 3.8) is 0 Å². The van der Waals surface area contributed by atoms with Gasteiger partial charge in [0.1, 0.15) is 11.5 Å². The number of rotatable bonds is 6. The van der Waals surface area contributed by atoms with Crippen LogP contribution >= 0.6 is 0 Å². The van der Waals surface area contributed by atoms with Crippen LogP contribution in [0.5, 0.6) is 0 Å². The van der Waals surface area contributed by atoms with Gasteiger partial charge in [-0.05, 0) is 43.7 Å². The number of aromatic carboxylic acids is 1. The van der Waals surface area contributed by atoms with E-state index in [0.29, 0.717) is 23.6 Å². The van der Waals surface area contributed by atoms with E-state index in [2.05, 4.69) is 15.1 Å². The monoisotopic (exact) mass is 381 g/mol. The van der Waals surface area contributed by atoms with Crippen LogP contribution in [-0.2, 0) is 13.2 Å². The Balaban J connectivity index is 1.55. The highest BCUT2D eigenvalue weighted by atomic mass is 16.4. The zero-order valence-corrected chi connectivity index (χ0v) is 15.5. The third-order valence-electron chi connectivity index (χ3n) is 5.22. The molecule has 0 amide bonds. The molecule has 1 saturated heterocycles. The second-order valence-electron chi connectivity index (χ2n) is 7.07. The van der Waals surface area contributed by atoms with E-state index < -0.39 is 5.97 Å². The average Bonchev–Trinajstić information content (AvgIpc) is 3.38. The number of piperidine rings is 1. The van der Waals surface area contributed by atoms with Crippen molar-refractivity contribution < 1.29 is 19.4 Å². The van der Waals surface area contributed by atoms with E-state index in [1.807, 2.05) is 18.2 Å². The smallest absolute Gasteiger partial charge is 0.336 e. The summed E-state index contributed by atoms with van der Waals surface area (Å²) in [5.41, 5.74) is 2.46. The standard InChI is InChI=1S/C21H23N3O4/c25-13-14-11-18(23-22-14)19-7-3-4-10-24(19)12-15-8-9-20(28-15)16-5-1-2-6-17(16)21(26)27/h1-2,5-6,8-9,11,19,25H,3-4,7,10,12-13H2,(H,22,23)(H,26,27)/t19-/m0/s1. The fourth-order valence-corrected chi connectivity index (χ4v) is 3.84. The Labute approximate surface area is 162 Å². The van der Waals surface area contributed by atoms with Gasteiger partial charge in [-0.3, -0.25) is 10.00 Å². The van der Waals surface area contributed by atoms with E-state index in [-0.39, 0.29) is 18.2 Å². The first-order chi connectivity index (χ1) is 13.7. The van der Waals surface area contributed by atoms with Crippen molar-refractivity contribution in [3.8, 4) is 11.3 Å². The van der Waals surface area contributed by atoms with Gasteiger partial charge in [0.25, 0.3) is 0 Å². The van der Waals surface area contributed by atoms with Gasteiger partial charge < -0.3 is 14.6 Å². The number of carboxylic acids is 1. The number of aromatic amines is 1. The molecule has 28 heavy (non-hydrogen) atoms. The molecule has 1 fully saturated rings. The molecule has 2 aromatic heterocycles. The number of nitrogens with one attached hydrogen (secondary N) is 1. The lowest BCUT2D eigenvalue weighted by atomic mass is 9.99. The minimum absolute atomic E-state index is 0.0513. The van der Waals surface area contributed by atoms with Crippen LogP contribution in [0.15, 0.2) is 46.9 Å². The lowest BCUT2D eigenvalue weighted by Crippen LogP contribution is -2.33. The Hall–Kier alpha value is -2.90. The lowest BCUT2D eigenvalue weighted by molar-refractivity contribution is 0.0697. The summed E-state index contributed by atoms with van der Waals surface area (Å²) in [7, 11) is 0. The van der Waals surface area contributed by atoms with Crippen LogP contribution in [0.2, 0.25) is 0 Å². The van der Waals surface area contributed by atoms with Gasteiger partial charge >= 0.3 is 5.97 Å². The summed E-state index contributed by atoms with van der Waals surface area (Å²) < 4.78 is 6.00. The molecule has 1 aliphatic heterocycles. The molecular weight excluding hydrogens is 358 g/mol. The van der Waals surface area contributed by atoms with E-state index in [9.17, 15) is 15.0 Å². The number of H-pyrrole nitrogens is 1. The normalized spacial score (nSPS) is 17.7. The summed E-state index contributed by atoms with van der Waals surface area (Å²) in [6.07, 6.45) is 3.26. The van der Waals surface area contributed by atoms with Crippen LogP contribution in [0.25, 0.3) is 11.3 Å². The highest BCUT2D eigenvalue weighted by Crippen LogP contribution is 2.33. The van der Waals surface area contributed by atoms with Crippen molar-refractivity contribution in [3.05, 3.63) is 65.2 Å². The zero-order valence-electron chi connectivity index (χ0n) is 15.5. The molecule has 1 aliphatic rings. The Bertz CT molecular complexity index is 962. The van der Waals surface area contributed by atoms with E-state index in [4.69, 9.17) is 4.42 Å². The Morgan fingerprint density at radius 1 is 1.25 bits per heavy atom. The summed E-state index contributed by atoms with van der Waals surface area (Å²) in [4.78, 5) is 13.8. The Kier molecular flexibility index (Phi) is 5.27. The fourth-order valence-electron chi connectivity index (χ4n) is 3.84. The van der Waals surface area contributed by atoms with Crippen molar-refractivity contribution in [2.45, 2.75) is 38.5 Å². The maximum atomic E-state index is 11.5. The number of carbonyl (C=O) groups is 1. The van der Waals surface area contributed by atoms with E-state index in [1.54, 1.807) is 24.3 Å². The third kappa shape index (κ3) is 3.72. The van der Waals surface area contributed by atoms with Crippen LogP contribution in [0, 0.1) is 0 Å². The highest BCUT2D eigenvalue weighted by molar-refractivity contribution is 5.95. The number of aromatic nitrogens is 2. The minimum atomic E-state index is -0.970. The van der Waals surface area contributed by atoms with Gasteiger partial charge in [0.15, 0.2) is 0 Å². The number of benzene rings is 1. The number of furan rings is 1. The molecule has 3 N–H and O–H groups in total. The summed E-state index contributed by atoms with van der Waals surface area (Å²) >= 11 is 0. The first-order valence-electron chi connectivity index (χ1n) is 9.46. The molecular formula is C21H23N3O4. The van der Waals surface area contributed by atoms with Crippen LogP contribution in [0.3, 0.4) is 0 Å². The number of aliphatic hydroxyl groups is 1. The van der Waals surface area contributed by atoms with E-state index in [1.165, 1.54) is 0 Å². The Morgan fingerprint density at radius 3 is 2.89 bits per heavy atom. The molecule has 1 atom stereocenters. The molecule has 3 aromatic rings. The van der Waals surface area contributed by atoms with Crippen molar-refractivity contribution in [2.24, 2.45) is 0 Å². The predicted molar refractivity (Wildman–Crippen MR) is 103 cm³/mol. The molecule has 3 heterocycles. The summed E-state index contributed by atoms with van der Waals surface area (Å²) in [6, 6.07) is 12.7. The summed E-state index contributed by atoms with van der Waals surface area (Å²) in [5, 5.41) is 25.9. The molecule has 0 saturated carbocycles. The van der Waals surface area contributed by atoms with Crippen LogP contribution < -0.4 is 0 Å². The van der Waals surface area contributed by atoms with E-state index in [0.717, 1.165) is 37.3 Å². The van der Waals surface area contributed by atoms with Gasteiger partial charge in [-0.15, -0.1) is 0 Å². The second kappa shape index (κ2) is 8.00. The molecule has 0 bridgehead atoms. The van der Waals surface area contributed by atoms with Crippen molar-refractivity contribution in [1.82, 2.24) is 15.1 Å². The number of likely N-dealkylation sites (tertiary alicyclic amines) is 1. The topological polar surface area (TPSA) is 103 Å². The largest absolute Gasteiger partial charge is 0.478 e. The van der Waals surface area contributed by atoms with Gasteiger partial charge in [-0.2, -0.15) is 5.10 Å². The first kappa shape index (κ1) is 18.5. The molecule has 7 nitrogen and oxygen atoms in total. The highest BCUT2D eigenvalue weighted by Gasteiger charge is 2.27. The van der Waals surface area contributed by atoms with Crippen molar-refractivity contribution in [2.75, 3.05) is 6.54 Å². The predicted octanol–water partition coefficient (Wildman–Crippen LogP) is 3.59. The maximum Gasteiger partial charge on any atom is 0.336 e. The van der Waals surface area contributed by atoms with Gasteiger partial charge in [-0.1, -0.05) is 24.6 Å². The van der Waals surface area contributed by atoms with Crippen molar-refractivity contribution >= 4 is 5.97 Å². The van der Waals surface area contributed by atoms with Gasteiger partial charge in [-0.25, -0.2) is 4.79 Å². The number of carboxylic acid groups (broad SMARTS) is 1.